The van der Waals surface area contributed by atoms with Crippen LogP contribution in [0.3, 0.4) is 0 Å². The average molecular weight is 511 g/mol. The van der Waals surface area contributed by atoms with Gasteiger partial charge in [0, 0.05) is 37.5 Å². The van der Waals surface area contributed by atoms with Gasteiger partial charge < -0.3 is 19.7 Å². The quantitative estimate of drug-likeness (QED) is 0.275. The van der Waals surface area contributed by atoms with Gasteiger partial charge in [0.2, 0.25) is 5.91 Å². The number of hydrogen-bond donors (Lipinski definition) is 2. The van der Waals surface area contributed by atoms with Gasteiger partial charge in [-0.05, 0) is 48.6 Å². The molecule has 1 aliphatic heterocycles. The predicted molar refractivity (Wildman–Crippen MR) is 147 cm³/mol. The third-order valence-corrected chi connectivity index (χ3v) is 7.58. The molecule has 1 aliphatic rings. The van der Waals surface area contributed by atoms with Gasteiger partial charge in [0.15, 0.2) is 5.58 Å². The van der Waals surface area contributed by atoms with Gasteiger partial charge >= 0.3 is 0 Å². The summed E-state index contributed by atoms with van der Waals surface area (Å²) >= 11 is 1.67. The average Bonchev–Trinajstić information content (AvgIpc) is 3.25. The second-order valence-electron chi connectivity index (χ2n) is 10.1. The molecule has 4 rings (SSSR count). The Bertz CT molecular complexity index is 1140. The number of phenols is 1. The van der Waals surface area contributed by atoms with Crippen LogP contribution in [0.2, 0.25) is 0 Å². The van der Waals surface area contributed by atoms with Gasteiger partial charge in [-0.15, -0.1) is 0 Å². The Morgan fingerprint density at radius 3 is 2.47 bits per heavy atom. The first-order valence-corrected chi connectivity index (χ1v) is 13.9. The summed E-state index contributed by atoms with van der Waals surface area (Å²) in [4.78, 5) is 22.2. The molecule has 1 aromatic heterocycles. The molecule has 0 radical (unpaired) electrons. The van der Waals surface area contributed by atoms with Crippen LogP contribution in [0.4, 0.5) is 5.69 Å². The monoisotopic (exact) mass is 510 g/mol. The maximum Gasteiger partial charge on any atom is 0.256 e. The molecule has 3 aromatic rings. The Morgan fingerprint density at radius 2 is 1.78 bits per heavy atom. The summed E-state index contributed by atoms with van der Waals surface area (Å²) in [5.74, 6) is 1.56. The van der Waals surface area contributed by atoms with E-state index in [1.54, 1.807) is 17.8 Å². The van der Waals surface area contributed by atoms with E-state index in [0.29, 0.717) is 6.54 Å². The smallest absolute Gasteiger partial charge is 0.256 e. The van der Waals surface area contributed by atoms with Crippen LogP contribution in [-0.4, -0.2) is 70.8 Å². The van der Waals surface area contributed by atoms with Crippen LogP contribution in [0, 0.1) is 0 Å². The first-order valence-electron chi connectivity index (χ1n) is 12.9. The molecule has 0 bridgehead atoms. The van der Waals surface area contributed by atoms with E-state index in [0.717, 1.165) is 78.0 Å². The van der Waals surface area contributed by atoms with Crippen molar-refractivity contribution >= 4 is 34.5 Å². The molecule has 36 heavy (non-hydrogen) atoms. The molecule has 7 nitrogen and oxygen atoms in total. The maximum absolute atomic E-state index is 13.0. The minimum Gasteiger partial charge on any atom is -0.508 e. The predicted octanol–water partition coefficient (Wildman–Crippen LogP) is 5.52. The lowest BCUT2D eigenvalue weighted by atomic mass is 9.91. The summed E-state index contributed by atoms with van der Waals surface area (Å²) in [5, 5.41) is 14.3. The lowest BCUT2D eigenvalue weighted by Gasteiger charge is -2.34. The lowest BCUT2D eigenvalue weighted by molar-refractivity contribution is -0.117. The molecule has 1 saturated heterocycles. The Balaban J connectivity index is 1.21. The first kappa shape index (κ1) is 26.5. The van der Waals surface area contributed by atoms with E-state index in [1.165, 1.54) is 0 Å². The number of amides is 1. The molecule has 2 N–H and O–H groups in total. The van der Waals surface area contributed by atoms with Crippen molar-refractivity contribution in [3.8, 4) is 5.75 Å². The summed E-state index contributed by atoms with van der Waals surface area (Å²) in [6.45, 7) is 13.4. The number of benzene rings is 2. The van der Waals surface area contributed by atoms with Crippen molar-refractivity contribution in [3.05, 3.63) is 47.5 Å². The Labute approximate surface area is 218 Å². The summed E-state index contributed by atoms with van der Waals surface area (Å²) in [6, 6.07) is 11.5. The van der Waals surface area contributed by atoms with Crippen molar-refractivity contribution in [2.45, 2.75) is 51.2 Å². The molecular formula is C28H38N4O3S. The molecule has 0 saturated carbocycles. The van der Waals surface area contributed by atoms with Crippen molar-refractivity contribution < 1.29 is 14.3 Å². The van der Waals surface area contributed by atoms with Gasteiger partial charge in [0.1, 0.15) is 11.3 Å². The second-order valence-corrected chi connectivity index (χ2v) is 11.1. The number of oxazole rings is 1. The van der Waals surface area contributed by atoms with E-state index in [4.69, 9.17) is 4.42 Å². The molecule has 0 unspecified atom stereocenters. The molecule has 0 spiro atoms. The number of hydrogen-bond acceptors (Lipinski definition) is 7. The molecule has 194 valence electrons. The van der Waals surface area contributed by atoms with Gasteiger partial charge in [0.05, 0.1) is 12.2 Å². The summed E-state index contributed by atoms with van der Waals surface area (Å²) < 4.78 is 5.78. The fraction of sp³-hybridized carbons (Fsp3) is 0.500. The maximum atomic E-state index is 13.0. The van der Waals surface area contributed by atoms with E-state index in [-0.39, 0.29) is 23.5 Å². The molecule has 2 heterocycles. The number of fused-ring (bicyclic) bond motifs is 1. The van der Waals surface area contributed by atoms with E-state index in [2.05, 4.69) is 33.9 Å². The fourth-order valence-electron chi connectivity index (χ4n) is 4.74. The van der Waals surface area contributed by atoms with Crippen LogP contribution in [0.15, 0.2) is 46.0 Å². The van der Waals surface area contributed by atoms with Gasteiger partial charge in [-0.2, -0.15) is 0 Å². The molecule has 0 aliphatic carbocycles. The van der Waals surface area contributed by atoms with Gasteiger partial charge in [-0.25, -0.2) is 4.98 Å². The Hall–Kier alpha value is -2.55. The number of carbonyl (C=O) groups is 1. The zero-order chi connectivity index (χ0) is 25.7. The standard InChI is InChI=1S/C28H38N4O3S/c1-19(2)21-10-11-23(33)26(20(3)4)27(21)30-25(34)18-32-15-13-31(14-16-32)12-7-17-36-28-29-22-8-5-6-9-24(22)35-28/h5-6,8-11,19-20,33H,7,12-18H2,1-4H3,(H,30,34). The third kappa shape index (κ3) is 6.60. The highest BCUT2D eigenvalue weighted by Crippen LogP contribution is 2.38. The normalized spacial score (nSPS) is 15.3. The minimum atomic E-state index is -0.0208. The molecule has 0 atom stereocenters. The van der Waals surface area contributed by atoms with Crippen molar-refractivity contribution in [1.29, 1.82) is 0 Å². The number of thioether (sulfide) groups is 1. The van der Waals surface area contributed by atoms with Crippen LogP contribution in [0.25, 0.3) is 11.1 Å². The van der Waals surface area contributed by atoms with Crippen molar-refractivity contribution in [2.75, 3.05) is 50.3 Å². The van der Waals surface area contributed by atoms with E-state index in [1.807, 2.05) is 44.2 Å². The molecule has 1 fully saturated rings. The highest BCUT2D eigenvalue weighted by Gasteiger charge is 2.22. The topological polar surface area (TPSA) is 81.8 Å². The van der Waals surface area contributed by atoms with Crippen LogP contribution < -0.4 is 5.32 Å². The van der Waals surface area contributed by atoms with Crippen LogP contribution in [0.1, 0.15) is 57.1 Å². The van der Waals surface area contributed by atoms with E-state index >= 15 is 0 Å². The number of aromatic hydroxyl groups is 1. The molecule has 8 heteroatoms. The molecular weight excluding hydrogens is 472 g/mol. The summed E-state index contributed by atoms with van der Waals surface area (Å²) in [5.41, 5.74) is 4.40. The van der Waals surface area contributed by atoms with Gasteiger partial charge in [0.25, 0.3) is 5.22 Å². The van der Waals surface area contributed by atoms with Crippen LogP contribution in [0.5, 0.6) is 5.75 Å². The largest absolute Gasteiger partial charge is 0.508 e. The van der Waals surface area contributed by atoms with Crippen molar-refractivity contribution in [2.24, 2.45) is 0 Å². The van der Waals surface area contributed by atoms with Crippen molar-refractivity contribution in [3.63, 3.8) is 0 Å². The number of nitrogens with one attached hydrogen (secondary N) is 1. The zero-order valence-electron chi connectivity index (χ0n) is 21.8. The molecule has 2 aromatic carbocycles. The molecule has 1 amide bonds. The Kier molecular flexibility index (Phi) is 8.93. The number of aromatic nitrogens is 1. The third-order valence-electron chi connectivity index (χ3n) is 6.67. The highest BCUT2D eigenvalue weighted by molar-refractivity contribution is 7.99. The van der Waals surface area contributed by atoms with Crippen LogP contribution in [-0.2, 0) is 4.79 Å². The number of nitrogens with zero attached hydrogens (tertiary/aromatic N) is 3. The Morgan fingerprint density at radius 1 is 1.06 bits per heavy atom. The number of rotatable bonds is 10. The highest BCUT2D eigenvalue weighted by atomic mass is 32.2. The number of piperazine rings is 1. The summed E-state index contributed by atoms with van der Waals surface area (Å²) in [6.07, 6.45) is 1.07. The lowest BCUT2D eigenvalue weighted by Crippen LogP contribution is -2.48. The van der Waals surface area contributed by atoms with Crippen molar-refractivity contribution in [1.82, 2.24) is 14.8 Å². The van der Waals surface area contributed by atoms with Crippen LogP contribution >= 0.6 is 11.8 Å². The number of phenolic OH excluding ortho intramolecular Hbond substituents is 1. The number of carbonyl (C=O) groups excluding carboxylic acids is 1. The minimum absolute atomic E-state index is 0.0208. The van der Waals surface area contributed by atoms with E-state index < -0.39 is 0 Å². The fourth-order valence-corrected chi connectivity index (χ4v) is 5.50. The van der Waals surface area contributed by atoms with E-state index in [9.17, 15) is 9.90 Å². The number of para-hydroxylation sites is 2. The SMILES string of the molecule is CC(C)c1ccc(O)c(C(C)C)c1NC(=O)CN1CCN(CCCSc2nc3ccccc3o2)CC1. The van der Waals surface area contributed by atoms with Gasteiger partial charge in [-0.1, -0.05) is 57.7 Å². The summed E-state index contributed by atoms with van der Waals surface area (Å²) in [7, 11) is 0. The second kappa shape index (κ2) is 12.1. The van der Waals surface area contributed by atoms with Gasteiger partial charge in [-0.3, -0.25) is 9.69 Å². The zero-order valence-corrected chi connectivity index (χ0v) is 22.6. The first-order chi connectivity index (χ1) is 17.3. The number of anilines is 1.